The molecule has 1 unspecified atom stereocenters. The van der Waals surface area contributed by atoms with Crippen LogP contribution in [0.4, 0.5) is 5.69 Å². The number of anilines is 1. The van der Waals surface area contributed by atoms with Gasteiger partial charge < -0.3 is 10.2 Å². The molecule has 0 bridgehead atoms. The Hall–Kier alpha value is -2.17. The fourth-order valence-corrected chi connectivity index (χ4v) is 5.36. The van der Waals surface area contributed by atoms with E-state index >= 15 is 0 Å². The first-order valence-electron chi connectivity index (χ1n) is 9.48. The van der Waals surface area contributed by atoms with Gasteiger partial charge in [0.25, 0.3) is 5.91 Å². The first-order valence-corrected chi connectivity index (χ1v) is 10.4. The summed E-state index contributed by atoms with van der Waals surface area (Å²) < 4.78 is 0. The van der Waals surface area contributed by atoms with E-state index in [4.69, 9.17) is 0 Å². The summed E-state index contributed by atoms with van der Waals surface area (Å²) in [4.78, 5) is 15.8. The van der Waals surface area contributed by atoms with Crippen molar-refractivity contribution in [3.05, 3.63) is 64.4 Å². The summed E-state index contributed by atoms with van der Waals surface area (Å²) in [6, 6.07) is 17.1. The van der Waals surface area contributed by atoms with Gasteiger partial charge in [0.2, 0.25) is 0 Å². The second-order valence-corrected chi connectivity index (χ2v) is 8.52. The number of fused-ring (bicyclic) bond motifs is 2. The highest BCUT2D eigenvalue weighted by Gasteiger charge is 2.43. The van der Waals surface area contributed by atoms with Gasteiger partial charge in [-0.2, -0.15) is 0 Å². The van der Waals surface area contributed by atoms with E-state index in [-0.39, 0.29) is 5.91 Å². The normalized spacial score (nSPS) is 22.2. The molecule has 4 heteroatoms. The molecule has 2 atom stereocenters. The van der Waals surface area contributed by atoms with Crippen LogP contribution in [0.25, 0.3) is 10.8 Å². The summed E-state index contributed by atoms with van der Waals surface area (Å²) in [5.74, 6) is 0.893. The minimum absolute atomic E-state index is 0.126. The number of carbonyl (C=O) groups excluding carboxylic acids is 1. The van der Waals surface area contributed by atoms with E-state index in [2.05, 4.69) is 35.0 Å². The average Bonchev–Trinajstić information content (AvgIpc) is 3.38. The third-order valence-electron chi connectivity index (χ3n) is 5.77. The van der Waals surface area contributed by atoms with Gasteiger partial charge in [0.05, 0.1) is 6.54 Å². The number of benzene rings is 2. The Morgan fingerprint density at radius 2 is 1.96 bits per heavy atom. The lowest BCUT2D eigenvalue weighted by molar-refractivity contribution is -0.928. The predicted molar refractivity (Wildman–Crippen MR) is 107 cm³/mol. The van der Waals surface area contributed by atoms with E-state index in [1.54, 1.807) is 4.88 Å². The summed E-state index contributed by atoms with van der Waals surface area (Å²) in [6.07, 6.45) is 3.73. The molecule has 2 heterocycles. The summed E-state index contributed by atoms with van der Waals surface area (Å²) in [6.45, 7) is 1.62. The molecule has 0 radical (unpaired) electrons. The van der Waals surface area contributed by atoms with E-state index in [9.17, 15) is 4.79 Å². The van der Waals surface area contributed by atoms with Gasteiger partial charge in [0.1, 0.15) is 6.04 Å². The van der Waals surface area contributed by atoms with Crippen LogP contribution < -0.4 is 10.2 Å². The van der Waals surface area contributed by atoms with Gasteiger partial charge in [-0.1, -0.05) is 36.4 Å². The maximum Gasteiger partial charge on any atom is 0.279 e. The first kappa shape index (κ1) is 16.0. The maximum atomic E-state index is 12.8. The van der Waals surface area contributed by atoms with Crippen LogP contribution in [0.3, 0.4) is 0 Å². The SMILES string of the molecule is O=C(C[NH+]1CCc2sccc2[C@@H]1C1CC1)Nc1cccc2ccccc12. The van der Waals surface area contributed by atoms with Gasteiger partial charge in [-0.05, 0) is 35.7 Å². The minimum atomic E-state index is 0.126. The molecular formula is C22H23N2OS+. The van der Waals surface area contributed by atoms with Crippen LogP contribution in [-0.4, -0.2) is 19.0 Å². The van der Waals surface area contributed by atoms with E-state index in [1.807, 2.05) is 35.6 Å². The molecule has 0 spiro atoms. The Morgan fingerprint density at radius 1 is 1.12 bits per heavy atom. The van der Waals surface area contributed by atoms with E-state index < -0.39 is 0 Å². The Labute approximate surface area is 157 Å². The molecule has 1 aliphatic heterocycles. The standard InChI is InChI=1S/C22H22N2OS/c25-21(23-19-7-3-5-15-4-1-2-6-17(15)19)14-24-12-10-20-18(11-13-26-20)22(24)16-8-9-16/h1-7,11,13,16,22H,8-10,12,14H2,(H,23,25)/p+1/t22-/m0/s1. The number of quaternary nitrogens is 1. The van der Waals surface area contributed by atoms with Crippen molar-refractivity contribution in [3.8, 4) is 0 Å². The molecule has 2 aromatic carbocycles. The smallest absolute Gasteiger partial charge is 0.279 e. The Balaban J connectivity index is 1.35. The fraction of sp³-hybridized carbons (Fsp3) is 0.318. The zero-order chi connectivity index (χ0) is 17.5. The average molecular weight is 364 g/mol. The van der Waals surface area contributed by atoms with Gasteiger partial charge >= 0.3 is 0 Å². The molecule has 0 saturated heterocycles. The monoisotopic (exact) mass is 363 g/mol. The van der Waals surface area contributed by atoms with Crippen molar-refractivity contribution in [2.45, 2.75) is 25.3 Å². The zero-order valence-electron chi connectivity index (χ0n) is 14.7. The van der Waals surface area contributed by atoms with Crippen LogP contribution in [0.5, 0.6) is 0 Å². The lowest BCUT2D eigenvalue weighted by atomic mass is 9.96. The molecular weight excluding hydrogens is 340 g/mol. The number of rotatable bonds is 4. The highest BCUT2D eigenvalue weighted by Crippen LogP contribution is 2.42. The van der Waals surface area contributed by atoms with E-state index in [0.29, 0.717) is 12.6 Å². The first-order chi connectivity index (χ1) is 12.8. The lowest BCUT2D eigenvalue weighted by Gasteiger charge is -2.32. The second kappa shape index (κ2) is 6.53. The summed E-state index contributed by atoms with van der Waals surface area (Å²) in [7, 11) is 0. The zero-order valence-corrected chi connectivity index (χ0v) is 15.5. The van der Waals surface area contributed by atoms with Gasteiger partial charge in [-0.25, -0.2) is 0 Å². The van der Waals surface area contributed by atoms with Crippen molar-refractivity contribution in [2.24, 2.45) is 5.92 Å². The molecule has 132 valence electrons. The number of carbonyl (C=O) groups is 1. The predicted octanol–water partition coefficient (Wildman–Crippen LogP) is 3.43. The highest BCUT2D eigenvalue weighted by atomic mass is 32.1. The molecule has 1 aliphatic carbocycles. The number of thiophene rings is 1. The molecule has 3 nitrogen and oxygen atoms in total. The van der Waals surface area contributed by atoms with Crippen molar-refractivity contribution in [3.63, 3.8) is 0 Å². The molecule has 2 N–H and O–H groups in total. The Morgan fingerprint density at radius 3 is 2.85 bits per heavy atom. The van der Waals surface area contributed by atoms with Crippen molar-refractivity contribution in [1.29, 1.82) is 0 Å². The van der Waals surface area contributed by atoms with Gasteiger partial charge in [0.15, 0.2) is 6.54 Å². The molecule has 1 aromatic heterocycles. The third kappa shape index (κ3) is 2.93. The van der Waals surface area contributed by atoms with Crippen molar-refractivity contribution < 1.29 is 9.69 Å². The van der Waals surface area contributed by atoms with Crippen molar-refractivity contribution in [2.75, 3.05) is 18.4 Å². The van der Waals surface area contributed by atoms with Crippen molar-refractivity contribution in [1.82, 2.24) is 0 Å². The Bertz CT molecular complexity index is 954. The molecule has 1 fully saturated rings. The van der Waals surface area contributed by atoms with Crippen LogP contribution >= 0.6 is 11.3 Å². The molecule has 26 heavy (non-hydrogen) atoms. The van der Waals surface area contributed by atoms with Crippen LogP contribution in [0.15, 0.2) is 53.9 Å². The molecule has 5 rings (SSSR count). The number of nitrogens with one attached hydrogen (secondary N) is 2. The number of hydrogen-bond acceptors (Lipinski definition) is 2. The quantitative estimate of drug-likeness (QED) is 0.732. The Kier molecular flexibility index (Phi) is 4.03. The third-order valence-corrected chi connectivity index (χ3v) is 6.77. The van der Waals surface area contributed by atoms with E-state index in [1.165, 1.54) is 23.3 Å². The summed E-state index contributed by atoms with van der Waals surface area (Å²) in [5.41, 5.74) is 2.43. The van der Waals surface area contributed by atoms with Crippen molar-refractivity contribution >= 4 is 33.7 Å². The van der Waals surface area contributed by atoms with Gasteiger partial charge in [-0.3, -0.25) is 4.79 Å². The lowest BCUT2D eigenvalue weighted by Crippen LogP contribution is -3.14. The molecule has 1 amide bonds. The van der Waals surface area contributed by atoms with Gasteiger partial charge in [-0.15, -0.1) is 11.3 Å². The number of hydrogen-bond donors (Lipinski definition) is 2. The fourth-order valence-electron chi connectivity index (χ4n) is 4.43. The number of amides is 1. The molecule has 3 aromatic rings. The van der Waals surface area contributed by atoms with Crippen LogP contribution in [0.1, 0.15) is 29.3 Å². The van der Waals surface area contributed by atoms with Crippen LogP contribution in [0.2, 0.25) is 0 Å². The van der Waals surface area contributed by atoms with Crippen LogP contribution in [0, 0.1) is 5.92 Å². The molecule has 1 saturated carbocycles. The summed E-state index contributed by atoms with van der Waals surface area (Å²) in [5, 5.41) is 7.66. The van der Waals surface area contributed by atoms with E-state index in [0.717, 1.165) is 35.3 Å². The maximum absolute atomic E-state index is 12.8. The topological polar surface area (TPSA) is 33.5 Å². The minimum Gasteiger partial charge on any atom is -0.321 e. The second-order valence-electron chi connectivity index (χ2n) is 7.52. The highest BCUT2D eigenvalue weighted by molar-refractivity contribution is 7.10. The largest absolute Gasteiger partial charge is 0.321 e. The van der Waals surface area contributed by atoms with Gasteiger partial charge in [0, 0.05) is 33.9 Å². The molecule has 2 aliphatic rings. The summed E-state index contributed by atoms with van der Waals surface area (Å²) >= 11 is 1.89. The van der Waals surface area contributed by atoms with Crippen LogP contribution in [-0.2, 0) is 11.2 Å².